The topological polar surface area (TPSA) is 60.4 Å². The zero-order chi connectivity index (χ0) is 18.0. The van der Waals surface area contributed by atoms with Crippen molar-refractivity contribution in [1.82, 2.24) is 5.01 Å². The zero-order valence-electron chi connectivity index (χ0n) is 14.0. The number of amides is 1. The van der Waals surface area contributed by atoms with Crippen molar-refractivity contribution in [3.63, 3.8) is 0 Å². The van der Waals surface area contributed by atoms with Crippen LogP contribution in [0, 0.1) is 0 Å². The number of rotatable bonds is 4. The van der Waals surface area contributed by atoms with E-state index in [1.807, 2.05) is 30.3 Å². The predicted octanol–water partition coefficient (Wildman–Crippen LogP) is 3.71. The number of ether oxygens (including phenoxy) is 3. The van der Waals surface area contributed by atoms with E-state index < -0.39 is 6.23 Å². The molecule has 0 aliphatic carbocycles. The molecule has 1 unspecified atom stereocenters. The van der Waals surface area contributed by atoms with Gasteiger partial charge in [-0.25, -0.2) is 0 Å². The van der Waals surface area contributed by atoms with Crippen LogP contribution in [0.1, 0.15) is 24.3 Å². The summed E-state index contributed by atoms with van der Waals surface area (Å²) in [6.07, 6.45) is -0.613. The fourth-order valence-electron chi connectivity index (χ4n) is 2.53. The fraction of sp³-hybridized carbons (Fsp3) is 0.222. The summed E-state index contributed by atoms with van der Waals surface area (Å²) in [6.45, 7) is 1.45. The summed E-state index contributed by atoms with van der Waals surface area (Å²) in [6, 6.07) is 12.9. The first-order chi connectivity index (χ1) is 12.0. The molecule has 1 amide bonds. The van der Waals surface area contributed by atoms with Gasteiger partial charge in [0, 0.05) is 22.5 Å². The summed E-state index contributed by atoms with van der Waals surface area (Å²) < 4.78 is 17.4. The summed E-state index contributed by atoms with van der Waals surface area (Å²) in [5.74, 6) is 1.31. The predicted molar refractivity (Wildman–Crippen MR) is 96.6 cm³/mol. The Morgan fingerprint density at radius 3 is 2.56 bits per heavy atom. The highest BCUT2D eigenvalue weighted by molar-refractivity contribution is 9.10. The number of carbonyl (C=O) groups is 1. The minimum absolute atomic E-state index is 0.208. The molecule has 0 fully saturated rings. The van der Waals surface area contributed by atoms with Crippen molar-refractivity contribution < 1.29 is 19.0 Å². The van der Waals surface area contributed by atoms with Crippen molar-refractivity contribution in [3.8, 4) is 11.5 Å². The zero-order valence-corrected chi connectivity index (χ0v) is 15.6. The second kappa shape index (κ2) is 7.14. The van der Waals surface area contributed by atoms with E-state index in [2.05, 4.69) is 21.0 Å². The van der Waals surface area contributed by atoms with Gasteiger partial charge in [-0.2, -0.15) is 5.01 Å². The maximum Gasteiger partial charge on any atom is 0.243 e. The van der Waals surface area contributed by atoms with Crippen molar-refractivity contribution in [2.75, 3.05) is 14.2 Å². The monoisotopic (exact) mass is 404 g/mol. The maximum atomic E-state index is 12.0. The molecule has 0 bridgehead atoms. The lowest BCUT2D eigenvalue weighted by Crippen LogP contribution is -2.25. The van der Waals surface area contributed by atoms with Gasteiger partial charge < -0.3 is 14.2 Å². The number of methoxy groups -OCH3 is 2. The van der Waals surface area contributed by atoms with E-state index in [1.54, 1.807) is 26.4 Å². The smallest absolute Gasteiger partial charge is 0.243 e. The molecule has 1 heterocycles. The van der Waals surface area contributed by atoms with Gasteiger partial charge in [0.25, 0.3) is 0 Å². The Bertz CT molecular complexity index is 838. The molecule has 1 aliphatic rings. The first-order valence-corrected chi connectivity index (χ1v) is 8.35. The van der Waals surface area contributed by atoms with E-state index in [1.165, 1.54) is 11.9 Å². The molecule has 0 aromatic heterocycles. The van der Waals surface area contributed by atoms with E-state index in [4.69, 9.17) is 14.2 Å². The molecule has 6 nitrogen and oxygen atoms in total. The number of hydrazone groups is 1. The van der Waals surface area contributed by atoms with Crippen LogP contribution in [0.3, 0.4) is 0 Å². The van der Waals surface area contributed by atoms with Crippen molar-refractivity contribution in [1.29, 1.82) is 0 Å². The lowest BCUT2D eigenvalue weighted by Gasteiger charge is -2.19. The number of halogens is 1. The number of carbonyl (C=O) groups excluding carboxylic acids is 1. The molecule has 0 radical (unpaired) electrons. The third-order valence-electron chi connectivity index (χ3n) is 3.73. The molecular weight excluding hydrogens is 388 g/mol. The fourth-order valence-corrected chi connectivity index (χ4v) is 2.95. The molecule has 7 heteroatoms. The number of benzene rings is 2. The third-order valence-corrected chi connectivity index (χ3v) is 4.22. The molecule has 0 saturated carbocycles. The van der Waals surface area contributed by atoms with Crippen LogP contribution < -0.4 is 9.47 Å². The van der Waals surface area contributed by atoms with E-state index in [0.29, 0.717) is 23.0 Å². The SMILES string of the molecule is COc1ccc(C2=NN(C(C)=O)C(c3cccc(Br)c3)O2)cc1OC. The van der Waals surface area contributed by atoms with E-state index >= 15 is 0 Å². The van der Waals surface area contributed by atoms with Crippen LogP contribution in [-0.4, -0.2) is 31.0 Å². The standard InChI is InChI=1S/C18H17BrN2O4/c1-11(22)21-18(13-5-4-6-14(19)9-13)25-17(20-21)12-7-8-15(23-2)16(10-12)24-3/h4-10,18H,1-3H3. The molecule has 3 rings (SSSR count). The second-order valence-electron chi connectivity index (χ2n) is 5.36. The van der Waals surface area contributed by atoms with E-state index in [9.17, 15) is 4.79 Å². The van der Waals surface area contributed by atoms with Gasteiger partial charge in [0.2, 0.25) is 18.0 Å². The minimum Gasteiger partial charge on any atom is -0.493 e. The Kier molecular flexibility index (Phi) is 4.94. The number of nitrogens with zero attached hydrogens (tertiary/aromatic N) is 2. The second-order valence-corrected chi connectivity index (χ2v) is 6.28. The Morgan fingerprint density at radius 1 is 1.16 bits per heavy atom. The summed E-state index contributed by atoms with van der Waals surface area (Å²) >= 11 is 3.43. The molecule has 130 valence electrons. The lowest BCUT2D eigenvalue weighted by molar-refractivity contribution is -0.135. The summed E-state index contributed by atoms with van der Waals surface area (Å²) in [5, 5.41) is 5.67. The highest BCUT2D eigenvalue weighted by Crippen LogP contribution is 2.34. The average molecular weight is 405 g/mol. The number of hydrogen-bond acceptors (Lipinski definition) is 5. The Labute approximate surface area is 154 Å². The number of hydrogen-bond donors (Lipinski definition) is 0. The molecule has 0 saturated heterocycles. The summed E-state index contributed by atoms with van der Waals surface area (Å²) in [7, 11) is 3.13. The normalized spacial score (nSPS) is 16.2. The molecule has 1 aliphatic heterocycles. The van der Waals surface area contributed by atoms with Gasteiger partial charge in [-0.1, -0.05) is 28.1 Å². The van der Waals surface area contributed by atoms with E-state index in [-0.39, 0.29) is 5.91 Å². The van der Waals surface area contributed by atoms with Crippen LogP contribution in [0.5, 0.6) is 11.5 Å². The largest absolute Gasteiger partial charge is 0.493 e. The van der Waals surface area contributed by atoms with Crippen LogP contribution in [0.25, 0.3) is 0 Å². The van der Waals surface area contributed by atoms with Crippen molar-refractivity contribution in [3.05, 3.63) is 58.1 Å². The van der Waals surface area contributed by atoms with Crippen molar-refractivity contribution >= 4 is 27.7 Å². The van der Waals surface area contributed by atoms with Gasteiger partial charge in [-0.05, 0) is 30.3 Å². The van der Waals surface area contributed by atoms with Gasteiger partial charge in [0.15, 0.2) is 11.5 Å². The van der Waals surface area contributed by atoms with Crippen molar-refractivity contribution in [2.45, 2.75) is 13.2 Å². The van der Waals surface area contributed by atoms with Gasteiger partial charge in [0.05, 0.1) is 14.2 Å². The van der Waals surface area contributed by atoms with Gasteiger partial charge in [0.1, 0.15) is 0 Å². The third kappa shape index (κ3) is 3.46. The molecule has 2 aromatic carbocycles. The minimum atomic E-state index is -0.613. The Hall–Kier alpha value is -2.54. The molecule has 1 atom stereocenters. The summed E-state index contributed by atoms with van der Waals surface area (Å²) in [4.78, 5) is 12.0. The van der Waals surface area contributed by atoms with E-state index in [0.717, 1.165) is 10.0 Å². The van der Waals surface area contributed by atoms with Gasteiger partial charge in [-0.3, -0.25) is 4.79 Å². The van der Waals surface area contributed by atoms with Crippen LogP contribution in [0.4, 0.5) is 0 Å². The highest BCUT2D eigenvalue weighted by atomic mass is 79.9. The van der Waals surface area contributed by atoms with Crippen LogP contribution >= 0.6 is 15.9 Å². The van der Waals surface area contributed by atoms with Crippen LogP contribution in [0.15, 0.2) is 52.0 Å². The molecule has 0 N–H and O–H groups in total. The average Bonchev–Trinajstić information content (AvgIpc) is 3.07. The Morgan fingerprint density at radius 2 is 1.92 bits per heavy atom. The first-order valence-electron chi connectivity index (χ1n) is 7.56. The Balaban J connectivity index is 1.96. The van der Waals surface area contributed by atoms with Gasteiger partial charge >= 0.3 is 0 Å². The molecule has 2 aromatic rings. The molecule has 25 heavy (non-hydrogen) atoms. The first kappa shape index (κ1) is 17.3. The van der Waals surface area contributed by atoms with Crippen LogP contribution in [0.2, 0.25) is 0 Å². The van der Waals surface area contributed by atoms with Crippen LogP contribution in [-0.2, 0) is 9.53 Å². The quantitative estimate of drug-likeness (QED) is 0.779. The van der Waals surface area contributed by atoms with Crippen molar-refractivity contribution in [2.24, 2.45) is 5.10 Å². The summed E-state index contributed by atoms with van der Waals surface area (Å²) in [5.41, 5.74) is 1.52. The molecule has 0 spiro atoms. The van der Waals surface area contributed by atoms with Gasteiger partial charge in [-0.15, -0.1) is 5.10 Å². The highest BCUT2D eigenvalue weighted by Gasteiger charge is 2.33. The maximum absolute atomic E-state index is 12.0. The lowest BCUT2D eigenvalue weighted by atomic mass is 10.2. The molecular formula is C18H17BrN2O4.